The number of carbonyl (C=O) groups is 1. The molecule has 1 aliphatic heterocycles. The first-order valence-corrected chi connectivity index (χ1v) is 7.28. The predicted molar refractivity (Wildman–Crippen MR) is 82.2 cm³/mol. The lowest BCUT2D eigenvalue weighted by Crippen LogP contribution is -2.64. The third kappa shape index (κ3) is 2.39. The van der Waals surface area contributed by atoms with Crippen molar-refractivity contribution in [2.75, 3.05) is 6.54 Å². The summed E-state index contributed by atoms with van der Waals surface area (Å²) in [6.07, 6.45) is 6.70. The van der Waals surface area contributed by atoms with Gasteiger partial charge >= 0.3 is 0 Å². The molecule has 0 bridgehead atoms. The van der Waals surface area contributed by atoms with Crippen molar-refractivity contribution in [2.24, 2.45) is 0 Å². The highest BCUT2D eigenvalue weighted by Gasteiger charge is 2.57. The fraction of sp³-hybridized carbons (Fsp3) is 0.312. The van der Waals surface area contributed by atoms with Crippen LogP contribution in [0, 0.1) is 0 Å². The third-order valence-electron chi connectivity index (χ3n) is 3.34. The molecule has 19 heavy (non-hydrogen) atoms. The van der Waals surface area contributed by atoms with E-state index in [-0.39, 0.29) is 11.9 Å². The van der Waals surface area contributed by atoms with Gasteiger partial charge < -0.3 is 4.90 Å². The molecule has 1 aliphatic rings. The maximum atomic E-state index is 12.3. The number of alkyl halides is 1. The number of likely N-dealkylation sites (tertiary alicyclic amines) is 1. The van der Waals surface area contributed by atoms with Gasteiger partial charge in [0.05, 0.1) is 6.04 Å². The zero-order chi connectivity index (χ0) is 13.9. The monoisotopic (exact) mass is 319 g/mol. The van der Waals surface area contributed by atoms with Gasteiger partial charge in [-0.3, -0.25) is 4.79 Å². The summed E-state index contributed by atoms with van der Waals surface area (Å²) in [6.45, 7) is 6.37. The molecular weight excluding hydrogens is 302 g/mol. The Morgan fingerprint density at radius 3 is 2.68 bits per heavy atom. The van der Waals surface area contributed by atoms with Crippen LogP contribution in [-0.2, 0) is 4.79 Å². The van der Waals surface area contributed by atoms with E-state index in [1.807, 2.05) is 35.3 Å². The molecule has 3 heteroatoms. The Morgan fingerprint density at radius 1 is 1.42 bits per heavy atom. The summed E-state index contributed by atoms with van der Waals surface area (Å²) in [6, 6.07) is 10.1. The van der Waals surface area contributed by atoms with Gasteiger partial charge in [-0.05, 0) is 12.0 Å². The first-order valence-electron chi connectivity index (χ1n) is 6.48. The number of benzene rings is 1. The van der Waals surface area contributed by atoms with Crippen molar-refractivity contribution in [1.29, 1.82) is 0 Å². The highest BCUT2D eigenvalue weighted by Crippen LogP contribution is 2.50. The molecule has 1 amide bonds. The van der Waals surface area contributed by atoms with E-state index < -0.39 is 4.32 Å². The minimum atomic E-state index is -0.604. The Morgan fingerprint density at radius 2 is 2.11 bits per heavy atom. The molecule has 0 aromatic heterocycles. The number of amides is 1. The molecule has 1 aromatic carbocycles. The van der Waals surface area contributed by atoms with Gasteiger partial charge in [0, 0.05) is 6.54 Å². The van der Waals surface area contributed by atoms with E-state index in [2.05, 4.69) is 41.6 Å². The molecule has 0 unspecified atom stereocenters. The summed E-state index contributed by atoms with van der Waals surface area (Å²) in [5.41, 5.74) is 1.14. The molecule has 1 saturated heterocycles. The van der Waals surface area contributed by atoms with Gasteiger partial charge in [-0.1, -0.05) is 71.4 Å². The number of halogens is 1. The Hall–Kier alpha value is -1.35. The molecular formula is C16H18BrNO. The van der Waals surface area contributed by atoms with E-state index in [1.165, 1.54) is 0 Å². The molecule has 0 N–H and O–H groups in total. The van der Waals surface area contributed by atoms with E-state index in [9.17, 15) is 4.79 Å². The molecule has 0 radical (unpaired) electrons. The Labute approximate surface area is 122 Å². The van der Waals surface area contributed by atoms with Crippen LogP contribution < -0.4 is 0 Å². The van der Waals surface area contributed by atoms with E-state index in [0.717, 1.165) is 12.0 Å². The summed E-state index contributed by atoms with van der Waals surface area (Å²) in [5.74, 6) is 0.103. The van der Waals surface area contributed by atoms with E-state index in [1.54, 1.807) is 6.08 Å². The van der Waals surface area contributed by atoms with Gasteiger partial charge in [0.2, 0.25) is 5.91 Å². The average molecular weight is 320 g/mol. The van der Waals surface area contributed by atoms with E-state index in [4.69, 9.17) is 0 Å². The van der Waals surface area contributed by atoms with Crippen LogP contribution >= 0.6 is 15.9 Å². The second-order valence-corrected chi connectivity index (χ2v) is 5.95. The SMILES string of the molecule is C=CCN1C(=O)[C@](Br)(/C=C/CC)[C@H]1c1ccccc1. The van der Waals surface area contributed by atoms with Crippen LogP contribution in [0.1, 0.15) is 24.9 Å². The number of β-lactam (4-membered cyclic amide) rings is 1. The Bertz CT molecular complexity index is 497. The van der Waals surface area contributed by atoms with Crippen molar-refractivity contribution in [2.45, 2.75) is 23.7 Å². The normalized spacial score (nSPS) is 26.5. The minimum absolute atomic E-state index is 0.0296. The van der Waals surface area contributed by atoms with Gasteiger partial charge in [-0.15, -0.1) is 6.58 Å². The topological polar surface area (TPSA) is 20.3 Å². The standard InChI is InChI=1S/C16H18BrNO/c1-3-5-11-16(17)14(13-9-7-6-8-10-13)18(12-4-2)15(16)19/h4-11,14H,2-3,12H2,1H3/b11-5+/t14-,16+/m1/s1. The van der Waals surface area contributed by atoms with Crippen molar-refractivity contribution in [3.05, 3.63) is 60.7 Å². The van der Waals surface area contributed by atoms with Crippen molar-refractivity contribution >= 4 is 21.8 Å². The van der Waals surface area contributed by atoms with Crippen molar-refractivity contribution < 1.29 is 4.79 Å². The zero-order valence-electron chi connectivity index (χ0n) is 11.1. The molecule has 1 fully saturated rings. The van der Waals surface area contributed by atoms with Crippen LogP contribution in [0.3, 0.4) is 0 Å². The average Bonchev–Trinajstić information content (AvgIpc) is 2.45. The van der Waals surface area contributed by atoms with Gasteiger partial charge in [0.25, 0.3) is 0 Å². The molecule has 0 aliphatic carbocycles. The first kappa shape index (κ1) is 14.1. The quantitative estimate of drug-likeness (QED) is 0.458. The molecule has 0 saturated carbocycles. The smallest absolute Gasteiger partial charge is 0.246 e. The zero-order valence-corrected chi connectivity index (χ0v) is 12.6. The highest BCUT2D eigenvalue weighted by molar-refractivity contribution is 9.10. The molecule has 2 atom stereocenters. The summed E-state index contributed by atoms with van der Waals surface area (Å²) >= 11 is 3.64. The molecule has 1 heterocycles. The van der Waals surface area contributed by atoms with Gasteiger partial charge in [-0.25, -0.2) is 0 Å². The number of hydrogen-bond donors (Lipinski definition) is 0. The lowest BCUT2D eigenvalue weighted by atomic mass is 9.81. The lowest BCUT2D eigenvalue weighted by molar-refractivity contribution is -0.148. The second kappa shape index (κ2) is 5.74. The Kier molecular flexibility index (Phi) is 4.25. The van der Waals surface area contributed by atoms with Crippen LogP contribution in [0.15, 0.2) is 55.1 Å². The van der Waals surface area contributed by atoms with Gasteiger partial charge in [0.15, 0.2) is 0 Å². The number of carbonyl (C=O) groups excluding carboxylic acids is 1. The van der Waals surface area contributed by atoms with Gasteiger partial charge in [-0.2, -0.15) is 0 Å². The van der Waals surface area contributed by atoms with Crippen LogP contribution in [0.4, 0.5) is 0 Å². The van der Waals surface area contributed by atoms with Crippen molar-refractivity contribution in [3.8, 4) is 0 Å². The van der Waals surface area contributed by atoms with Crippen molar-refractivity contribution in [3.63, 3.8) is 0 Å². The lowest BCUT2D eigenvalue weighted by Gasteiger charge is -2.51. The molecule has 2 rings (SSSR count). The van der Waals surface area contributed by atoms with Crippen LogP contribution in [0.25, 0.3) is 0 Å². The maximum absolute atomic E-state index is 12.3. The molecule has 1 aromatic rings. The fourth-order valence-corrected chi connectivity index (χ4v) is 3.38. The van der Waals surface area contributed by atoms with Crippen molar-refractivity contribution in [1.82, 2.24) is 4.90 Å². The number of rotatable bonds is 5. The molecule has 100 valence electrons. The van der Waals surface area contributed by atoms with Crippen LogP contribution in [0.2, 0.25) is 0 Å². The summed E-state index contributed by atoms with van der Waals surface area (Å²) < 4.78 is -0.604. The molecule has 0 spiro atoms. The number of allylic oxidation sites excluding steroid dienone is 1. The maximum Gasteiger partial charge on any atom is 0.246 e. The first-order chi connectivity index (χ1) is 9.15. The van der Waals surface area contributed by atoms with E-state index in [0.29, 0.717) is 6.54 Å². The summed E-state index contributed by atoms with van der Waals surface area (Å²) in [7, 11) is 0. The van der Waals surface area contributed by atoms with Crippen LogP contribution in [0.5, 0.6) is 0 Å². The minimum Gasteiger partial charge on any atom is -0.328 e. The van der Waals surface area contributed by atoms with E-state index >= 15 is 0 Å². The molecule has 2 nitrogen and oxygen atoms in total. The number of hydrogen-bond acceptors (Lipinski definition) is 1. The van der Waals surface area contributed by atoms with Gasteiger partial charge in [0.1, 0.15) is 4.32 Å². The fourth-order valence-electron chi connectivity index (χ4n) is 2.45. The summed E-state index contributed by atoms with van der Waals surface area (Å²) in [5, 5.41) is 0. The number of nitrogens with zero attached hydrogens (tertiary/aromatic N) is 1. The van der Waals surface area contributed by atoms with Crippen LogP contribution in [-0.4, -0.2) is 21.7 Å². The second-order valence-electron chi connectivity index (χ2n) is 4.64. The summed E-state index contributed by atoms with van der Waals surface area (Å²) in [4.78, 5) is 14.2. The Balaban J connectivity index is 2.36. The predicted octanol–water partition coefficient (Wildman–Crippen LogP) is 3.86. The third-order valence-corrected chi connectivity index (χ3v) is 4.37. The largest absolute Gasteiger partial charge is 0.328 e. The highest BCUT2D eigenvalue weighted by atomic mass is 79.9.